The van der Waals surface area contributed by atoms with Gasteiger partial charge < -0.3 is 10.6 Å². The van der Waals surface area contributed by atoms with Crippen LogP contribution in [-0.2, 0) is 0 Å². The van der Waals surface area contributed by atoms with E-state index in [1.165, 1.54) is 0 Å². The minimum Gasteiger partial charge on any atom is -0.355 e. The summed E-state index contributed by atoms with van der Waals surface area (Å²) >= 11 is 0. The molecule has 0 unspecified atom stereocenters. The number of nitrogens with one attached hydrogen (secondary N) is 2. The van der Waals surface area contributed by atoms with Gasteiger partial charge >= 0.3 is 0 Å². The van der Waals surface area contributed by atoms with Crippen LogP contribution in [0.1, 0.15) is 20.7 Å². The largest absolute Gasteiger partial charge is 0.355 e. The molecule has 0 bridgehead atoms. The molecule has 1 aromatic heterocycles. The molecular weight excluding hydrogens is 376 g/mol. The normalized spacial score (nSPS) is 10.4. The molecule has 6 heteroatoms. The van der Waals surface area contributed by atoms with Gasteiger partial charge in [0.1, 0.15) is 5.69 Å². The zero-order valence-corrected chi connectivity index (χ0v) is 16.4. The van der Waals surface area contributed by atoms with Crippen LogP contribution in [0.5, 0.6) is 0 Å². The van der Waals surface area contributed by atoms with Gasteiger partial charge in [0.25, 0.3) is 11.8 Å². The van der Waals surface area contributed by atoms with E-state index >= 15 is 0 Å². The maximum absolute atomic E-state index is 13.1. The highest BCUT2D eigenvalue weighted by Crippen LogP contribution is 2.24. The van der Waals surface area contributed by atoms with Crippen LogP contribution in [0.25, 0.3) is 16.9 Å². The van der Waals surface area contributed by atoms with E-state index in [4.69, 9.17) is 0 Å². The van der Waals surface area contributed by atoms with Crippen LogP contribution in [0.3, 0.4) is 0 Å². The van der Waals surface area contributed by atoms with Crippen LogP contribution in [-0.4, -0.2) is 28.6 Å². The number of rotatable bonds is 5. The van der Waals surface area contributed by atoms with Gasteiger partial charge in [0, 0.05) is 30.1 Å². The van der Waals surface area contributed by atoms with Crippen molar-refractivity contribution in [2.45, 2.75) is 0 Å². The maximum atomic E-state index is 13.1. The Morgan fingerprint density at radius 3 is 2.07 bits per heavy atom. The fourth-order valence-electron chi connectivity index (χ4n) is 3.11. The number of anilines is 1. The Labute approximate surface area is 174 Å². The first-order valence-electron chi connectivity index (χ1n) is 9.50. The number of carbonyl (C=O) groups excluding carboxylic acids is 2. The molecular formula is C24H20N4O2. The first kappa shape index (κ1) is 19.1. The number of hydrogen-bond donors (Lipinski definition) is 2. The number of nitrogens with zero attached hydrogens (tertiary/aromatic N) is 2. The number of aromatic nitrogens is 2. The van der Waals surface area contributed by atoms with Gasteiger partial charge in [-0.15, -0.1) is 0 Å². The lowest BCUT2D eigenvalue weighted by Crippen LogP contribution is -2.18. The van der Waals surface area contributed by atoms with E-state index in [0.29, 0.717) is 22.5 Å². The highest BCUT2D eigenvalue weighted by molar-refractivity contribution is 6.08. The van der Waals surface area contributed by atoms with Crippen molar-refractivity contribution in [1.29, 1.82) is 0 Å². The Hall–Kier alpha value is -4.19. The molecule has 2 amide bonds. The minimum atomic E-state index is -0.274. The van der Waals surface area contributed by atoms with Crippen molar-refractivity contribution in [3.05, 3.63) is 102 Å². The topological polar surface area (TPSA) is 76.0 Å². The molecule has 0 aliphatic carbocycles. The summed E-state index contributed by atoms with van der Waals surface area (Å²) < 4.78 is 1.70. The lowest BCUT2D eigenvalue weighted by Gasteiger charge is -2.06. The van der Waals surface area contributed by atoms with Crippen molar-refractivity contribution in [1.82, 2.24) is 15.1 Å². The summed E-state index contributed by atoms with van der Waals surface area (Å²) in [4.78, 5) is 24.8. The lowest BCUT2D eigenvalue weighted by atomic mass is 10.1. The lowest BCUT2D eigenvalue weighted by molar-refractivity contribution is 0.0962. The van der Waals surface area contributed by atoms with E-state index in [0.717, 1.165) is 11.3 Å². The van der Waals surface area contributed by atoms with E-state index in [-0.39, 0.29) is 11.8 Å². The molecule has 0 aliphatic heterocycles. The highest BCUT2D eigenvalue weighted by Gasteiger charge is 2.19. The molecule has 0 saturated heterocycles. The Balaban J connectivity index is 1.67. The molecule has 3 aromatic carbocycles. The maximum Gasteiger partial charge on any atom is 0.259 e. The summed E-state index contributed by atoms with van der Waals surface area (Å²) in [5.41, 5.74) is 3.90. The number of carbonyl (C=O) groups is 2. The third-order valence-electron chi connectivity index (χ3n) is 4.66. The molecule has 4 aromatic rings. The SMILES string of the molecule is CNC(=O)c1ccc(NC(=O)c2cn(-c3ccccc3)nc2-c2ccccc2)cc1. The molecule has 0 atom stereocenters. The van der Waals surface area contributed by atoms with Crippen molar-refractivity contribution in [2.24, 2.45) is 0 Å². The summed E-state index contributed by atoms with van der Waals surface area (Å²) in [6, 6.07) is 26.0. The number of hydrogen-bond acceptors (Lipinski definition) is 3. The van der Waals surface area contributed by atoms with E-state index in [1.54, 1.807) is 42.2 Å². The van der Waals surface area contributed by atoms with Gasteiger partial charge in [-0.05, 0) is 36.4 Å². The standard InChI is InChI=1S/C24H20N4O2/c1-25-23(29)18-12-14-19(15-13-18)26-24(30)21-16-28(20-10-6-3-7-11-20)27-22(21)17-8-4-2-5-9-17/h2-16H,1H3,(H,25,29)(H,26,30). The summed E-state index contributed by atoms with van der Waals surface area (Å²) in [6.45, 7) is 0. The molecule has 1 heterocycles. The summed E-state index contributed by atoms with van der Waals surface area (Å²) in [7, 11) is 1.58. The van der Waals surface area contributed by atoms with Crippen LogP contribution in [0, 0.1) is 0 Å². The average molecular weight is 396 g/mol. The first-order valence-corrected chi connectivity index (χ1v) is 9.50. The molecule has 30 heavy (non-hydrogen) atoms. The van der Waals surface area contributed by atoms with Gasteiger partial charge in [0.05, 0.1) is 11.3 Å². The highest BCUT2D eigenvalue weighted by atomic mass is 16.2. The third kappa shape index (κ3) is 3.98. The first-order chi connectivity index (χ1) is 14.7. The molecule has 2 N–H and O–H groups in total. The Bertz CT molecular complexity index is 1170. The van der Waals surface area contributed by atoms with Crippen molar-refractivity contribution in [3.63, 3.8) is 0 Å². The third-order valence-corrected chi connectivity index (χ3v) is 4.66. The monoisotopic (exact) mass is 396 g/mol. The smallest absolute Gasteiger partial charge is 0.259 e. The Morgan fingerprint density at radius 1 is 0.800 bits per heavy atom. The number of amides is 2. The van der Waals surface area contributed by atoms with E-state index in [2.05, 4.69) is 15.7 Å². The Kier molecular flexibility index (Phi) is 5.39. The van der Waals surface area contributed by atoms with Crippen LogP contribution in [0.4, 0.5) is 5.69 Å². The summed E-state index contributed by atoms with van der Waals surface area (Å²) in [6.07, 6.45) is 1.73. The van der Waals surface area contributed by atoms with Gasteiger partial charge in [-0.1, -0.05) is 48.5 Å². The quantitative estimate of drug-likeness (QED) is 0.532. The van der Waals surface area contributed by atoms with Gasteiger partial charge in [0.15, 0.2) is 0 Å². The van der Waals surface area contributed by atoms with Crippen LogP contribution >= 0.6 is 0 Å². The molecule has 0 aliphatic rings. The molecule has 0 saturated carbocycles. The van der Waals surface area contributed by atoms with Crippen molar-refractivity contribution >= 4 is 17.5 Å². The average Bonchev–Trinajstić information content (AvgIpc) is 3.26. The van der Waals surface area contributed by atoms with Gasteiger partial charge in [0.2, 0.25) is 0 Å². The van der Waals surface area contributed by atoms with Crippen molar-refractivity contribution in [3.8, 4) is 16.9 Å². The summed E-state index contributed by atoms with van der Waals surface area (Å²) in [5.74, 6) is -0.452. The second-order valence-corrected chi connectivity index (χ2v) is 6.65. The van der Waals surface area contributed by atoms with Crippen LogP contribution in [0.15, 0.2) is 91.1 Å². The molecule has 148 valence electrons. The molecule has 0 fully saturated rings. The van der Waals surface area contributed by atoms with Crippen molar-refractivity contribution < 1.29 is 9.59 Å². The second-order valence-electron chi connectivity index (χ2n) is 6.65. The Morgan fingerprint density at radius 2 is 1.43 bits per heavy atom. The zero-order chi connectivity index (χ0) is 20.9. The predicted octanol–water partition coefficient (Wildman–Crippen LogP) is 4.15. The van der Waals surface area contributed by atoms with Gasteiger partial charge in [-0.3, -0.25) is 9.59 Å². The predicted molar refractivity (Wildman–Crippen MR) is 117 cm³/mol. The molecule has 0 spiro atoms. The van der Waals surface area contributed by atoms with Gasteiger partial charge in [-0.2, -0.15) is 5.10 Å². The fourth-order valence-corrected chi connectivity index (χ4v) is 3.11. The molecule has 6 nitrogen and oxygen atoms in total. The fraction of sp³-hybridized carbons (Fsp3) is 0.0417. The molecule has 0 radical (unpaired) electrons. The minimum absolute atomic E-state index is 0.177. The summed E-state index contributed by atoms with van der Waals surface area (Å²) in [5, 5.41) is 10.1. The van der Waals surface area contributed by atoms with Crippen molar-refractivity contribution in [2.75, 3.05) is 12.4 Å². The van der Waals surface area contributed by atoms with Crippen LogP contribution < -0.4 is 10.6 Å². The second kappa shape index (κ2) is 8.45. The van der Waals surface area contributed by atoms with E-state index < -0.39 is 0 Å². The zero-order valence-electron chi connectivity index (χ0n) is 16.4. The number of para-hydroxylation sites is 1. The van der Waals surface area contributed by atoms with E-state index in [1.807, 2.05) is 60.7 Å². The van der Waals surface area contributed by atoms with Gasteiger partial charge in [-0.25, -0.2) is 4.68 Å². The van der Waals surface area contributed by atoms with Crippen LogP contribution in [0.2, 0.25) is 0 Å². The number of benzene rings is 3. The molecule has 4 rings (SSSR count). The van der Waals surface area contributed by atoms with E-state index in [9.17, 15) is 9.59 Å².